The molecule has 2 heterocycles. The van der Waals surface area contributed by atoms with Crippen molar-refractivity contribution in [1.82, 2.24) is 4.90 Å². The van der Waals surface area contributed by atoms with E-state index in [-0.39, 0.29) is 11.8 Å². The van der Waals surface area contributed by atoms with E-state index < -0.39 is 11.4 Å². The van der Waals surface area contributed by atoms with Gasteiger partial charge < -0.3 is 14.7 Å². The van der Waals surface area contributed by atoms with E-state index in [0.29, 0.717) is 38.3 Å². The summed E-state index contributed by atoms with van der Waals surface area (Å²) in [6.45, 7) is 4.28. The topological polar surface area (TPSA) is 66.8 Å². The molecule has 2 aromatic carbocycles. The molecule has 0 bridgehead atoms. The predicted molar refractivity (Wildman–Crippen MR) is 124 cm³/mol. The Morgan fingerprint density at radius 3 is 2.41 bits per heavy atom. The summed E-state index contributed by atoms with van der Waals surface area (Å²) in [5, 5.41) is 10.0. The van der Waals surface area contributed by atoms with Gasteiger partial charge in [0.15, 0.2) is 0 Å². The highest BCUT2D eigenvalue weighted by Crippen LogP contribution is 2.54. The molecule has 0 spiro atoms. The van der Waals surface area contributed by atoms with Crippen LogP contribution in [0.3, 0.4) is 0 Å². The summed E-state index contributed by atoms with van der Waals surface area (Å²) in [5.41, 5.74) is 3.02. The molecule has 1 aromatic heterocycles. The number of thiophene rings is 1. The lowest BCUT2D eigenvalue weighted by Crippen LogP contribution is -2.40. The van der Waals surface area contributed by atoms with Gasteiger partial charge in [-0.15, -0.1) is 11.3 Å². The van der Waals surface area contributed by atoms with E-state index in [1.165, 1.54) is 0 Å². The summed E-state index contributed by atoms with van der Waals surface area (Å²) in [4.78, 5) is 29.0. The van der Waals surface area contributed by atoms with E-state index in [1.807, 2.05) is 66.4 Å². The van der Waals surface area contributed by atoms with Crippen LogP contribution in [0.1, 0.15) is 39.2 Å². The predicted octanol–water partition coefficient (Wildman–Crippen LogP) is 4.67. The van der Waals surface area contributed by atoms with E-state index in [0.717, 1.165) is 26.4 Å². The highest BCUT2D eigenvalue weighted by atomic mass is 32.1. The van der Waals surface area contributed by atoms with Crippen LogP contribution in [0.15, 0.2) is 60.7 Å². The van der Waals surface area contributed by atoms with Crippen LogP contribution < -0.4 is 0 Å². The number of carboxylic acids is 1. The second-order valence-corrected chi connectivity index (χ2v) is 9.85. The van der Waals surface area contributed by atoms with Crippen LogP contribution in [0.5, 0.6) is 0 Å². The molecule has 0 saturated carbocycles. The Labute approximate surface area is 191 Å². The van der Waals surface area contributed by atoms with Crippen molar-refractivity contribution in [3.8, 4) is 10.4 Å². The third-order valence-electron chi connectivity index (χ3n) is 6.65. The summed E-state index contributed by atoms with van der Waals surface area (Å²) in [7, 11) is 0. The molecule has 5 rings (SSSR count). The van der Waals surface area contributed by atoms with E-state index in [1.54, 1.807) is 11.3 Å². The molecule has 1 amide bonds. The van der Waals surface area contributed by atoms with Crippen LogP contribution in [0.2, 0.25) is 0 Å². The largest absolute Gasteiger partial charge is 0.481 e. The van der Waals surface area contributed by atoms with E-state index in [4.69, 9.17) is 4.74 Å². The van der Waals surface area contributed by atoms with Crippen molar-refractivity contribution in [2.75, 3.05) is 26.3 Å². The van der Waals surface area contributed by atoms with Crippen molar-refractivity contribution in [2.24, 2.45) is 5.41 Å². The Morgan fingerprint density at radius 2 is 1.75 bits per heavy atom. The minimum absolute atomic E-state index is 0.0369. The number of nitrogens with zero attached hydrogens (tertiary/aromatic N) is 1. The van der Waals surface area contributed by atoms with Gasteiger partial charge in [-0.1, -0.05) is 42.5 Å². The molecule has 164 valence electrons. The van der Waals surface area contributed by atoms with Gasteiger partial charge in [0.25, 0.3) is 5.91 Å². The van der Waals surface area contributed by atoms with Crippen LogP contribution in [0.25, 0.3) is 10.4 Å². The van der Waals surface area contributed by atoms with Gasteiger partial charge in [-0.25, -0.2) is 0 Å². The molecule has 2 atom stereocenters. The van der Waals surface area contributed by atoms with Gasteiger partial charge in [-0.3, -0.25) is 9.59 Å². The van der Waals surface area contributed by atoms with Crippen LogP contribution in [-0.4, -0.2) is 48.2 Å². The Bertz CT molecular complexity index is 1150. The molecule has 1 aliphatic heterocycles. The van der Waals surface area contributed by atoms with Gasteiger partial charge in [-0.05, 0) is 48.2 Å². The second kappa shape index (κ2) is 8.19. The normalized spacial score (nSPS) is 22.5. The van der Waals surface area contributed by atoms with Gasteiger partial charge in [0.1, 0.15) is 0 Å². The number of hydrogen-bond donors (Lipinski definition) is 1. The zero-order valence-electron chi connectivity index (χ0n) is 17.9. The molecule has 1 saturated heterocycles. The molecule has 0 radical (unpaired) electrons. The molecule has 3 aromatic rings. The maximum absolute atomic E-state index is 12.7. The van der Waals surface area contributed by atoms with Crippen molar-refractivity contribution in [3.63, 3.8) is 0 Å². The molecule has 6 heteroatoms. The molecular formula is C26H25NO4S. The molecule has 1 fully saturated rings. The molecule has 2 aliphatic rings. The maximum Gasteiger partial charge on any atom is 0.310 e. The fourth-order valence-corrected chi connectivity index (χ4v) is 6.24. The number of aliphatic carboxylic acids is 1. The molecule has 5 nitrogen and oxygen atoms in total. The van der Waals surface area contributed by atoms with Crippen LogP contribution in [0.4, 0.5) is 0 Å². The van der Waals surface area contributed by atoms with Crippen LogP contribution >= 0.6 is 11.3 Å². The first-order valence-corrected chi connectivity index (χ1v) is 11.7. The fraction of sp³-hybridized carbons (Fsp3) is 0.308. The molecule has 1 N–H and O–H groups in total. The highest BCUT2D eigenvalue weighted by molar-refractivity contribution is 7.15. The molecule has 32 heavy (non-hydrogen) atoms. The summed E-state index contributed by atoms with van der Waals surface area (Å²) in [6.07, 6.45) is 0.523. The van der Waals surface area contributed by atoms with Gasteiger partial charge in [-0.2, -0.15) is 0 Å². The average Bonchev–Trinajstić information content (AvgIpc) is 3.35. The van der Waals surface area contributed by atoms with Crippen LogP contribution in [0, 0.1) is 5.41 Å². The van der Waals surface area contributed by atoms with Gasteiger partial charge in [0.05, 0.1) is 18.6 Å². The lowest BCUT2D eigenvalue weighted by Gasteiger charge is -2.28. The minimum atomic E-state index is -0.852. The number of carbonyl (C=O) groups excluding carboxylic acids is 1. The average molecular weight is 448 g/mol. The van der Waals surface area contributed by atoms with Crippen molar-refractivity contribution >= 4 is 23.2 Å². The summed E-state index contributed by atoms with van der Waals surface area (Å²) >= 11 is 1.66. The van der Waals surface area contributed by atoms with Crippen molar-refractivity contribution in [2.45, 2.75) is 19.3 Å². The zero-order valence-corrected chi connectivity index (χ0v) is 18.7. The fourth-order valence-electron chi connectivity index (χ4n) is 4.86. The first-order valence-electron chi connectivity index (χ1n) is 10.9. The van der Waals surface area contributed by atoms with Crippen LogP contribution in [-0.2, 0) is 16.0 Å². The molecule has 1 aliphatic carbocycles. The van der Waals surface area contributed by atoms with E-state index in [2.05, 4.69) is 6.07 Å². The maximum atomic E-state index is 12.7. The SMILES string of the molecule is C[C@]1(C(=O)O)Cc2sc(-c3ccc(C(=O)N4CCOCC4)cc3)cc2[C@H]1c1ccccc1. The first-order chi connectivity index (χ1) is 15.5. The summed E-state index contributed by atoms with van der Waals surface area (Å²) in [5.74, 6) is -0.902. The van der Waals surface area contributed by atoms with Gasteiger partial charge in [0, 0.05) is 34.3 Å². The number of benzene rings is 2. The number of carbonyl (C=O) groups is 2. The number of amides is 1. The molecular weight excluding hydrogens is 422 g/mol. The standard InChI is InChI=1S/C26H25NO4S/c1-26(25(29)30)16-22-20(23(26)18-5-3-2-4-6-18)15-21(32-22)17-7-9-19(10-8-17)24(28)27-11-13-31-14-12-27/h2-10,15,23H,11-14,16H2,1H3,(H,29,30)/t23-,26+/m1/s1. The number of ether oxygens (including phenoxy) is 1. The number of morpholine rings is 1. The Morgan fingerprint density at radius 1 is 1.06 bits per heavy atom. The summed E-state index contributed by atoms with van der Waals surface area (Å²) in [6, 6.07) is 19.8. The third-order valence-corrected chi connectivity index (χ3v) is 7.85. The monoisotopic (exact) mass is 447 g/mol. The van der Waals surface area contributed by atoms with E-state index in [9.17, 15) is 14.7 Å². The highest BCUT2D eigenvalue weighted by Gasteiger charge is 2.50. The molecule has 0 unspecified atom stereocenters. The van der Waals surface area contributed by atoms with Crippen molar-refractivity contribution < 1.29 is 19.4 Å². The van der Waals surface area contributed by atoms with Crippen molar-refractivity contribution in [1.29, 1.82) is 0 Å². The van der Waals surface area contributed by atoms with Gasteiger partial charge >= 0.3 is 5.97 Å². The quantitative estimate of drug-likeness (QED) is 0.631. The number of carboxylic acid groups (broad SMARTS) is 1. The third kappa shape index (κ3) is 3.53. The van der Waals surface area contributed by atoms with Gasteiger partial charge in [0.2, 0.25) is 0 Å². The Hall–Kier alpha value is -2.96. The smallest absolute Gasteiger partial charge is 0.310 e. The number of fused-ring (bicyclic) bond motifs is 1. The number of rotatable bonds is 4. The number of hydrogen-bond acceptors (Lipinski definition) is 4. The summed E-state index contributed by atoms with van der Waals surface area (Å²) < 4.78 is 5.33. The Kier molecular flexibility index (Phi) is 5.35. The lowest BCUT2D eigenvalue weighted by atomic mass is 9.74. The lowest BCUT2D eigenvalue weighted by molar-refractivity contribution is -0.148. The minimum Gasteiger partial charge on any atom is -0.481 e. The Balaban J connectivity index is 1.44. The van der Waals surface area contributed by atoms with Crippen molar-refractivity contribution in [3.05, 3.63) is 82.2 Å². The zero-order chi connectivity index (χ0) is 22.3. The second-order valence-electron chi connectivity index (χ2n) is 8.71. The first kappa shape index (κ1) is 20.9. The van der Waals surface area contributed by atoms with E-state index >= 15 is 0 Å².